The van der Waals surface area contributed by atoms with E-state index in [1.54, 1.807) is 22.1 Å². The fraction of sp³-hybridized carbons (Fsp3) is 0.368. The molecule has 7 heteroatoms. The summed E-state index contributed by atoms with van der Waals surface area (Å²) >= 11 is 0. The molecule has 0 spiro atoms. The molecule has 1 aliphatic heterocycles. The highest BCUT2D eigenvalue weighted by Crippen LogP contribution is 2.24. The van der Waals surface area contributed by atoms with E-state index < -0.39 is 0 Å². The van der Waals surface area contributed by atoms with E-state index >= 15 is 0 Å². The van der Waals surface area contributed by atoms with Crippen LogP contribution in [0, 0.1) is 20.8 Å². The number of nitrogens with one attached hydrogen (secondary N) is 1. The molecule has 136 valence electrons. The average Bonchev–Trinajstić information content (AvgIpc) is 2.64. The highest BCUT2D eigenvalue weighted by atomic mass is 16.2. The van der Waals surface area contributed by atoms with Crippen LogP contribution in [0.1, 0.15) is 27.2 Å². The van der Waals surface area contributed by atoms with Crippen molar-refractivity contribution in [3.63, 3.8) is 0 Å². The Morgan fingerprint density at radius 2 is 1.77 bits per heavy atom. The fourth-order valence-corrected chi connectivity index (χ4v) is 3.22. The molecule has 0 bridgehead atoms. The first-order valence-corrected chi connectivity index (χ1v) is 8.64. The molecule has 1 fully saturated rings. The maximum absolute atomic E-state index is 12.7. The van der Waals surface area contributed by atoms with Gasteiger partial charge in [0.1, 0.15) is 5.69 Å². The lowest BCUT2D eigenvalue weighted by molar-refractivity contribution is -0.119. The minimum absolute atomic E-state index is 0.140. The molecule has 0 saturated carbocycles. The summed E-state index contributed by atoms with van der Waals surface area (Å²) in [5, 5.41) is 3.23. The van der Waals surface area contributed by atoms with Gasteiger partial charge in [-0.05, 0) is 38.0 Å². The quantitative estimate of drug-likeness (QED) is 0.851. The normalized spacial score (nSPS) is 14.3. The zero-order valence-electron chi connectivity index (χ0n) is 15.3. The lowest BCUT2D eigenvalue weighted by Crippen LogP contribution is -2.48. The minimum Gasteiger partial charge on any atom is -0.342 e. The number of hydrogen-bond donors (Lipinski definition) is 1. The van der Waals surface area contributed by atoms with Crippen LogP contribution in [0.4, 0.5) is 11.6 Å². The lowest BCUT2D eigenvalue weighted by Gasteiger charge is -2.32. The Morgan fingerprint density at radius 1 is 1.12 bits per heavy atom. The van der Waals surface area contributed by atoms with Gasteiger partial charge in [0.15, 0.2) is 0 Å². The number of hydrogen-bond acceptors (Lipinski definition) is 5. The van der Waals surface area contributed by atoms with Crippen LogP contribution in [0.25, 0.3) is 0 Å². The predicted octanol–water partition coefficient (Wildman–Crippen LogP) is 2.06. The number of nitrogens with zero attached hydrogens (tertiary/aromatic N) is 4. The third-order valence-electron chi connectivity index (χ3n) is 4.54. The number of aromatic nitrogens is 2. The van der Waals surface area contributed by atoms with Gasteiger partial charge in [-0.2, -0.15) is 0 Å². The Bertz CT molecular complexity index is 805. The Hall–Kier alpha value is -2.96. The molecule has 1 saturated heterocycles. The molecule has 1 N–H and O–H groups in total. The fourth-order valence-electron chi connectivity index (χ4n) is 3.22. The Balaban J connectivity index is 1.76. The van der Waals surface area contributed by atoms with Gasteiger partial charge in [0.2, 0.25) is 12.4 Å². The summed E-state index contributed by atoms with van der Waals surface area (Å²) in [5.74, 6) is 0.260. The van der Waals surface area contributed by atoms with E-state index in [9.17, 15) is 9.59 Å². The molecule has 1 aliphatic rings. The van der Waals surface area contributed by atoms with Crippen molar-refractivity contribution < 1.29 is 9.59 Å². The van der Waals surface area contributed by atoms with Gasteiger partial charge in [0.25, 0.3) is 5.91 Å². The Kier molecular flexibility index (Phi) is 5.16. The number of piperazine rings is 1. The highest BCUT2D eigenvalue weighted by molar-refractivity contribution is 5.92. The van der Waals surface area contributed by atoms with Gasteiger partial charge in [-0.1, -0.05) is 17.7 Å². The van der Waals surface area contributed by atoms with E-state index in [2.05, 4.69) is 34.3 Å². The molecule has 26 heavy (non-hydrogen) atoms. The maximum Gasteiger partial charge on any atom is 0.272 e. The molecule has 2 heterocycles. The molecule has 0 aliphatic carbocycles. The van der Waals surface area contributed by atoms with Crippen LogP contribution in [-0.4, -0.2) is 58.3 Å². The summed E-state index contributed by atoms with van der Waals surface area (Å²) in [6.45, 7) is 8.25. The summed E-state index contributed by atoms with van der Waals surface area (Å²) in [5.41, 5.74) is 4.72. The van der Waals surface area contributed by atoms with Gasteiger partial charge in [-0.25, -0.2) is 9.97 Å². The summed E-state index contributed by atoms with van der Waals surface area (Å²) in [4.78, 5) is 35.5. The van der Waals surface area contributed by atoms with Crippen molar-refractivity contribution in [3.8, 4) is 0 Å². The third-order valence-corrected chi connectivity index (χ3v) is 4.54. The van der Waals surface area contributed by atoms with Crippen molar-refractivity contribution in [2.45, 2.75) is 20.8 Å². The lowest BCUT2D eigenvalue weighted by atomic mass is 10.1. The van der Waals surface area contributed by atoms with Gasteiger partial charge in [0, 0.05) is 38.1 Å². The molecular weight excluding hydrogens is 330 g/mol. The molecular formula is C19H23N5O2. The number of benzene rings is 1. The van der Waals surface area contributed by atoms with E-state index in [0.29, 0.717) is 37.8 Å². The van der Waals surface area contributed by atoms with Crippen LogP contribution < -0.4 is 5.32 Å². The zero-order chi connectivity index (χ0) is 18.7. The first kappa shape index (κ1) is 17.8. The van der Waals surface area contributed by atoms with Crippen molar-refractivity contribution in [2.24, 2.45) is 0 Å². The largest absolute Gasteiger partial charge is 0.342 e. The zero-order valence-corrected chi connectivity index (χ0v) is 15.3. The van der Waals surface area contributed by atoms with E-state index in [1.165, 1.54) is 5.56 Å². The standard InChI is InChI=1S/C19H23N5O2/c1-13-10-14(2)17(15(3)11-13)22-19-20-5-4-16(21-19)18(26)24-8-6-23(12-25)7-9-24/h4-5,10-12H,6-9H2,1-3H3,(H,20,21,22). The van der Waals surface area contributed by atoms with Crippen LogP contribution in [0.5, 0.6) is 0 Å². The molecule has 0 radical (unpaired) electrons. The Labute approximate surface area is 153 Å². The minimum atomic E-state index is -0.140. The summed E-state index contributed by atoms with van der Waals surface area (Å²) in [6.07, 6.45) is 2.41. The second-order valence-corrected chi connectivity index (χ2v) is 6.60. The monoisotopic (exact) mass is 353 g/mol. The second-order valence-electron chi connectivity index (χ2n) is 6.60. The van der Waals surface area contributed by atoms with E-state index in [0.717, 1.165) is 23.2 Å². The molecule has 1 aromatic heterocycles. The van der Waals surface area contributed by atoms with E-state index in [1.807, 2.05) is 13.8 Å². The van der Waals surface area contributed by atoms with Crippen molar-refractivity contribution in [2.75, 3.05) is 31.5 Å². The second kappa shape index (κ2) is 7.51. The van der Waals surface area contributed by atoms with Crippen LogP contribution >= 0.6 is 0 Å². The SMILES string of the molecule is Cc1cc(C)c(Nc2nccc(C(=O)N3CCN(C=O)CC3)n2)c(C)c1. The number of anilines is 2. The van der Waals surface area contributed by atoms with Gasteiger partial charge in [-0.3, -0.25) is 9.59 Å². The molecule has 2 aromatic rings. The molecule has 2 amide bonds. The molecule has 1 aromatic carbocycles. The third kappa shape index (κ3) is 3.82. The van der Waals surface area contributed by atoms with Crippen LogP contribution in [0.15, 0.2) is 24.4 Å². The molecule has 3 rings (SSSR count). The first-order valence-electron chi connectivity index (χ1n) is 8.64. The van der Waals surface area contributed by atoms with Crippen molar-refractivity contribution in [1.82, 2.24) is 19.8 Å². The van der Waals surface area contributed by atoms with Crippen LogP contribution in [0.2, 0.25) is 0 Å². The van der Waals surface area contributed by atoms with E-state index in [4.69, 9.17) is 0 Å². The molecule has 0 atom stereocenters. The highest BCUT2D eigenvalue weighted by Gasteiger charge is 2.22. The van der Waals surface area contributed by atoms with Crippen LogP contribution in [-0.2, 0) is 4.79 Å². The number of aryl methyl sites for hydroxylation is 3. The van der Waals surface area contributed by atoms with E-state index in [-0.39, 0.29) is 5.91 Å². The van der Waals surface area contributed by atoms with Gasteiger partial charge >= 0.3 is 0 Å². The smallest absolute Gasteiger partial charge is 0.272 e. The maximum atomic E-state index is 12.7. The van der Waals surface area contributed by atoms with Gasteiger partial charge in [0.05, 0.1) is 0 Å². The Morgan fingerprint density at radius 3 is 2.38 bits per heavy atom. The van der Waals surface area contributed by atoms with Crippen molar-refractivity contribution >= 4 is 24.0 Å². The number of carbonyl (C=O) groups excluding carboxylic acids is 2. The first-order chi connectivity index (χ1) is 12.5. The number of carbonyl (C=O) groups is 2. The van der Waals surface area contributed by atoms with Gasteiger partial charge in [-0.15, -0.1) is 0 Å². The van der Waals surface area contributed by atoms with Gasteiger partial charge < -0.3 is 15.1 Å². The number of amides is 2. The molecule has 7 nitrogen and oxygen atoms in total. The topological polar surface area (TPSA) is 78.4 Å². The number of rotatable bonds is 4. The average molecular weight is 353 g/mol. The predicted molar refractivity (Wildman–Crippen MR) is 99.5 cm³/mol. The van der Waals surface area contributed by atoms with Crippen molar-refractivity contribution in [1.29, 1.82) is 0 Å². The van der Waals surface area contributed by atoms with Crippen LogP contribution in [0.3, 0.4) is 0 Å². The molecule has 0 unspecified atom stereocenters. The summed E-state index contributed by atoms with van der Waals surface area (Å²) < 4.78 is 0. The van der Waals surface area contributed by atoms with Crippen molar-refractivity contribution in [3.05, 3.63) is 46.8 Å². The summed E-state index contributed by atoms with van der Waals surface area (Å²) in [6, 6.07) is 5.81. The summed E-state index contributed by atoms with van der Waals surface area (Å²) in [7, 11) is 0.